The number of hydrogen-bond acceptors (Lipinski definition) is 6. The molecule has 0 saturated carbocycles. The van der Waals surface area contributed by atoms with Crippen molar-refractivity contribution < 1.29 is 14.3 Å². The van der Waals surface area contributed by atoms with Gasteiger partial charge in [0.05, 0.1) is 24.4 Å². The van der Waals surface area contributed by atoms with Gasteiger partial charge in [0.2, 0.25) is 0 Å². The summed E-state index contributed by atoms with van der Waals surface area (Å²) in [5, 5.41) is 3.25. The van der Waals surface area contributed by atoms with Crippen LogP contribution in [0.4, 0.5) is 5.13 Å². The number of anilines is 1. The molecule has 0 spiro atoms. The first-order valence-electron chi connectivity index (χ1n) is 6.46. The van der Waals surface area contributed by atoms with Gasteiger partial charge >= 0.3 is 0 Å². The van der Waals surface area contributed by atoms with E-state index in [1.807, 2.05) is 6.07 Å². The summed E-state index contributed by atoms with van der Waals surface area (Å²) in [6, 6.07) is 8.78. The normalized spacial score (nSPS) is 10.5. The molecule has 6 nitrogen and oxygen atoms in total. The molecule has 0 aliphatic carbocycles. The van der Waals surface area contributed by atoms with Crippen molar-refractivity contribution in [3.05, 3.63) is 42.2 Å². The third-order valence-electron chi connectivity index (χ3n) is 3.01. The molecule has 0 atom stereocenters. The number of carbonyl (C=O) groups is 1. The van der Waals surface area contributed by atoms with Crippen molar-refractivity contribution in [3.63, 3.8) is 0 Å². The Morgan fingerprint density at radius 1 is 1.18 bits per heavy atom. The third kappa shape index (κ3) is 2.71. The first-order valence-corrected chi connectivity index (χ1v) is 7.28. The fraction of sp³-hybridized carbons (Fsp3) is 0.133. The lowest BCUT2D eigenvalue weighted by Gasteiger charge is -2.05. The molecule has 0 fully saturated rings. The summed E-state index contributed by atoms with van der Waals surface area (Å²) >= 11 is 1.36. The lowest BCUT2D eigenvalue weighted by atomic mass is 10.3. The summed E-state index contributed by atoms with van der Waals surface area (Å²) in [4.78, 5) is 20.5. The van der Waals surface area contributed by atoms with Crippen molar-refractivity contribution in [2.24, 2.45) is 0 Å². The highest BCUT2D eigenvalue weighted by Gasteiger charge is 2.13. The topological polar surface area (TPSA) is 73.3 Å². The Morgan fingerprint density at radius 3 is 2.64 bits per heavy atom. The van der Waals surface area contributed by atoms with Crippen LogP contribution < -0.4 is 14.8 Å². The monoisotopic (exact) mass is 315 g/mol. The predicted octanol–water partition coefficient (Wildman–Crippen LogP) is 2.96. The summed E-state index contributed by atoms with van der Waals surface area (Å²) in [6.07, 6.45) is 1.57. The SMILES string of the molecule is COc1cc2nc(NC(=O)c3ccccn3)sc2cc1OC. The number of thiazole rings is 1. The van der Waals surface area contributed by atoms with Crippen LogP contribution in [-0.2, 0) is 0 Å². The molecule has 22 heavy (non-hydrogen) atoms. The number of nitrogens with one attached hydrogen (secondary N) is 1. The van der Waals surface area contributed by atoms with Crippen LogP contribution in [0.15, 0.2) is 36.5 Å². The molecule has 2 heterocycles. The maximum atomic E-state index is 12.1. The highest BCUT2D eigenvalue weighted by Crippen LogP contribution is 2.36. The van der Waals surface area contributed by atoms with E-state index in [0.717, 1.165) is 10.2 Å². The van der Waals surface area contributed by atoms with E-state index in [-0.39, 0.29) is 5.91 Å². The summed E-state index contributed by atoms with van der Waals surface area (Å²) in [7, 11) is 3.15. The summed E-state index contributed by atoms with van der Waals surface area (Å²) < 4.78 is 11.4. The second-order valence-electron chi connectivity index (χ2n) is 4.36. The van der Waals surface area contributed by atoms with E-state index in [1.165, 1.54) is 11.3 Å². The first kappa shape index (κ1) is 14.3. The quantitative estimate of drug-likeness (QED) is 0.801. The van der Waals surface area contributed by atoms with Gasteiger partial charge in [-0.05, 0) is 12.1 Å². The zero-order valence-electron chi connectivity index (χ0n) is 12.0. The molecule has 3 rings (SSSR count). The lowest BCUT2D eigenvalue weighted by molar-refractivity contribution is 0.102. The van der Waals surface area contributed by atoms with Gasteiger partial charge in [-0.15, -0.1) is 0 Å². The van der Waals surface area contributed by atoms with Gasteiger partial charge in [0.1, 0.15) is 5.69 Å². The van der Waals surface area contributed by atoms with E-state index in [4.69, 9.17) is 9.47 Å². The molecule has 0 radical (unpaired) electrons. The second kappa shape index (κ2) is 5.98. The molecule has 7 heteroatoms. The highest BCUT2D eigenvalue weighted by molar-refractivity contribution is 7.22. The van der Waals surface area contributed by atoms with Crippen molar-refractivity contribution in [2.75, 3.05) is 19.5 Å². The number of nitrogens with zero attached hydrogens (tertiary/aromatic N) is 2. The summed E-state index contributed by atoms with van der Waals surface area (Å²) in [5.41, 5.74) is 1.08. The fourth-order valence-electron chi connectivity index (χ4n) is 1.97. The van der Waals surface area contributed by atoms with Gasteiger partial charge in [0, 0.05) is 18.3 Å². The van der Waals surface area contributed by atoms with Gasteiger partial charge in [-0.3, -0.25) is 15.1 Å². The number of ether oxygens (including phenoxy) is 2. The van der Waals surface area contributed by atoms with Gasteiger partial charge < -0.3 is 9.47 Å². The Hall–Kier alpha value is -2.67. The molecular weight excluding hydrogens is 302 g/mol. The third-order valence-corrected chi connectivity index (χ3v) is 3.95. The van der Waals surface area contributed by atoms with E-state index >= 15 is 0 Å². The molecule has 0 aliphatic rings. The second-order valence-corrected chi connectivity index (χ2v) is 5.39. The molecule has 2 aromatic heterocycles. The Balaban J connectivity index is 1.90. The van der Waals surface area contributed by atoms with Crippen molar-refractivity contribution in [1.29, 1.82) is 0 Å². The number of benzene rings is 1. The molecule has 1 N–H and O–H groups in total. The standard InChI is InChI=1S/C15H13N3O3S/c1-20-11-7-10-13(8-12(11)21-2)22-15(17-10)18-14(19)9-5-3-4-6-16-9/h3-8H,1-2H3,(H,17,18,19). The van der Waals surface area contributed by atoms with E-state index < -0.39 is 0 Å². The molecule has 0 saturated heterocycles. The van der Waals surface area contributed by atoms with Crippen LogP contribution in [0.25, 0.3) is 10.2 Å². The average Bonchev–Trinajstić information content (AvgIpc) is 2.95. The van der Waals surface area contributed by atoms with E-state index in [2.05, 4.69) is 15.3 Å². The van der Waals surface area contributed by atoms with Crippen LogP contribution in [-0.4, -0.2) is 30.1 Å². The van der Waals surface area contributed by atoms with Crippen molar-refractivity contribution >= 4 is 32.6 Å². The zero-order valence-corrected chi connectivity index (χ0v) is 12.8. The van der Waals surface area contributed by atoms with Crippen LogP contribution in [0.5, 0.6) is 11.5 Å². The van der Waals surface area contributed by atoms with Crippen LogP contribution in [0.1, 0.15) is 10.5 Å². The smallest absolute Gasteiger partial charge is 0.276 e. The van der Waals surface area contributed by atoms with E-state index in [9.17, 15) is 4.79 Å². The average molecular weight is 315 g/mol. The largest absolute Gasteiger partial charge is 0.493 e. The lowest BCUT2D eigenvalue weighted by Crippen LogP contribution is -2.12. The molecule has 0 unspecified atom stereocenters. The maximum absolute atomic E-state index is 12.1. The number of amides is 1. The number of rotatable bonds is 4. The zero-order chi connectivity index (χ0) is 15.5. The van der Waals surface area contributed by atoms with Crippen LogP contribution >= 0.6 is 11.3 Å². The van der Waals surface area contributed by atoms with Crippen LogP contribution in [0.3, 0.4) is 0 Å². The minimum Gasteiger partial charge on any atom is -0.493 e. The van der Waals surface area contributed by atoms with Gasteiger partial charge in [-0.25, -0.2) is 4.98 Å². The number of carbonyl (C=O) groups excluding carboxylic acids is 1. The van der Waals surface area contributed by atoms with Crippen molar-refractivity contribution in [3.8, 4) is 11.5 Å². The molecule has 0 bridgehead atoms. The Morgan fingerprint density at radius 2 is 1.95 bits per heavy atom. The highest BCUT2D eigenvalue weighted by atomic mass is 32.1. The number of methoxy groups -OCH3 is 2. The Kier molecular flexibility index (Phi) is 3.88. The molecule has 3 aromatic rings. The van der Waals surface area contributed by atoms with Gasteiger partial charge in [0.25, 0.3) is 5.91 Å². The van der Waals surface area contributed by atoms with Crippen molar-refractivity contribution in [2.45, 2.75) is 0 Å². The molecular formula is C15H13N3O3S. The van der Waals surface area contributed by atoms with Gasteiger partial charge in [-0.2, -0.15) is 0 Å². The molecule has 1 amide bonds. The first-order chi connectivity index (χ1) is 10.7. The van der Waals surface area contributed by atoms with Crippen molar-refractivity contribution in [1.82, 2.24) is 9.97 Å². The number of pyridine rings is 1. The Labute approximate surface area is 130 Å². The molecule has 0 aliphatic heterocycles. The number of aromatic nitrogens is 2. The fourth-order valence-corrected chi connectivity index (χ4v) is 2.84. The summed E-state index contributed by atoms with van der Waals surface area (Å²) in [6.45, 7) is 0. The minimum atomic E-state index is -0.293. The van der Waals surface area contributed by atoms with E-state index in [1.54, 1.807) is 44.7 Å². The molecule has 1 aromatic carbocycles. The van der Waals surface area contributed by atoms with E-state index in [0.29, 0.717) is 22.3 Å². The maximum Gasteiger partial charge on any atom is 0.276 e. The number of hydrogen-bond donors (Lipinski definition) is 1. The number of fused-ring (bicyclic) bond motifs is 1. The van der Waals surface area contributed by atoms with Gasteiger partial charge in [-0.1, -0.05) is 17.4 Å². The Bertz CT molecular complexity index is 777. The van der Waals surface area contributed by atoms with Crippen LogP contribution in [0.2, 0.25) is 0 Å². The van der Waals surface area contributed by atoms with Gasteiger partial charge in [0.15, 0.2) is 16.6 Å². The predicted molar refractivity (Wildman–Crippen MR) is 84.9 cm³/mol. The summed E-state index contributed by atoms with van der Waals surface area (Å²) in [5.74, 6) is 0.933. The van der Waals surface area contributed by atoms with Crippen LogP contribution in [0, 0.1) is 0 Å². The minimum absolute atomic E-state index is 0.293. The molecule has 112 valence electrons.